The molecule has 0 N–H and O–H groups in total. The fourth-order valence-corrected chi connectivity index (χ4v) is 13.7. The lowest BCUT2D eigenvalue weighted by atomic mass is 9.37. The first-order valence-electron chi connectivity index (χ1n) is 24.5. The number of hydrogen-bond donors (Lipinski definition) is 0. The summed E-state index contributed by atoms with van der Waals surface area (Å²) in [7, 11) is 0. The van der Waals surface area contributed by atoms with E-state index >= 15 is 0 Å². The van der Waals surface area contributed by atoms with Crippen molar-refractivity contribution in [2.75, 3.05) is 4.90 Å². The number of nitrogens with zero attached hydrogens (tertiary/aromatic N) is 1. The van der Waals surface area contributed by atoms with Crippen LogP contribution in [0.1, 0.15) is 73.9 Å². The third-order valence-electron chi connectivity index (χ3n) is 15.8. The fourth-order valence-electron chi connectivity index (χ4n) is 12.4. The van der Waals surface area contributed by atoms with Crippen molar-refractivity contribution in [3.63, 3.8) is 0 Å². The van der Waals surface area contributed by atoms with Gasteiger partial charge in [-0.15, -0.1) is 11.3 Å². The van der Waals surface area contributed by atoms with Crippen LogP contribution in [0.2, 0.25) is 0 Å². The zero-order valence-corrected chi connectivity index (χ0v) is 40.4. The van der Waals surface area contributed by atoms with E-state index in [1.54, 1.807) is 0 Å². The van der Waals surface area contributed by atoms with Gasteiger partial charge in [-0.25, -0.2) is 0 Å². The second kappa shape index (κ2) is 14.2. The van der Waals surface area contributed by atoms with Gasteiger partial charge in [-0.3, -0.25) is 0 Å². The van der Waals surface area contributed by atoms with Crippen molar-refractivity contribution in [1.29, 1.82) is 0 Å². The molecule has 3 aliphatic rings. The number of ether oxygens (including phenoxy) is 1. The second-order valence-electron chi connectivity index (χ2n) is 21.1. The number of hydrogen-bond acceptors (Lipinski definition) is 5. The average molecular weight is 920 g/mol. The molecule has 0 saturated heterocycles. The van der Waals surface area contributed by atoms with Crippen molar-refractivity contribution in [3.05, 3.63) is 215 Å². The summed E-state index contributed by atoms with van der Waals surface area (Å²) in [5.41, 5.74) is 19.2. The Morgan fingerprint density at radius 2 is 1.20 bits per heavy atom. The first kappa shape index (κ1) is 40.1. The Labute approximate surface area is 410 Å². The molecule has 1 aliphatic carbocycles. The van der Waals surface area contributed by atoms with Crippen molar-refractivity contribution in [2.45, 2.75) is 51.4 Å². The van der Waals surface area contributed by atoms with E-state index in [1.165, 1.54) is 64.7 Å². The van der Waals surface area contributed by atoms with Gasteiger partial charge < -0.3 is 18.5 Å². The molecule has 0 amide bonds. The second-order valence-corrected chi connectivity index (χ2v) is 22.2. The van der Waals surface area contributed by atoms with E-state index in [1.807, 2.05) is 11.3 Å². The van der Waals surface area contributed by atoms with Crippen LogP contribution in [-0.2, 0) is 10.8 Å². The predicted molar refractivity (Wildman–Crippen MR) is 292 cm³/mol. The molecule has 0 bridgehead atoms. The van der Waals surface area contributed by atoms with Gasteiger partial charge in [0.05, 0.1) is 5.69 Å². The molecule has 9 aromatic carbocycles. The summed E-state index contributed by atoms with van der Waals surface area (Å²) in [6.07, 6.45) is 0. The molecule has 0 radical (unpaired) electrons. The number of anilines is 3. The van der Waals surface area contributed by atoms with Crippen LogP contribution in [0.3, 0.4) is 0 Å². The van der Waals surface area contributed by atoms with Gasteiger partial charge in [-0.1, -0.05) is 168 Å². The van der Waals surface area contributed by atoms with Crippen molar-refractivity contribution in [1.82, 2.24) is 0 Å². The quantitative estimate of drug-likeness (QED) is 0.130. The fraction of sp³-hybridized carbons (Fsp3) is 0.125. The van der Waals surface area contributed by atoms with E-state index in [4.69, 9.17) is 13.6 Å². The summed E-state index contributed by atoms with van der Waals surface area (Å²) < 4.78 is 23.5. The normalized spacial score (nSPS) is 14.8. The Morgan fingerprint density at radius 1 is 0.543 bits per heavy atom. The van der Waals surface area contributed by atoms with Gasteiger partial charge >= 0.3 is 0 Å². The maximum atomic E-state index is 7.24. The standard InChI is InChI=1S/C64H46BNO3S/c1-63(2,3)38-30-27-36(28-31-38)57(44-20-12-18-42-40-16-7-10-24-53(40)67-59(42)44)37-29-32-49-52(33-37)66(51-23-13-19-43-41-17-8-11-25-54(41)68-60(43)51)50-22-14-26-55-58(50)65(49)62-61(69-55)46-34-45-39-15-6-9-21-47(39)64(4,5)48(45)35-56(46)70-62/h6-35,57H,1-5H3. The summed E-state index contributed by atoms with van der Waals surface area (Å²) in [5, 5.41) is 5.62. The van der Waals surface area contributed by atoms with E-state index in [0.29, 0.717) is 0 Å². The van der Waals surface area contributed by atoms with Crippen LogP contribution in [0.15, 0.2) is 191 Å². The summed E-state index contributed by atoms with van der Waals surface area (Å²) in [5.74, 6) is 1.71. The van der Waals surface area contributed by atoms with Crippen molar-refractivity contribution in [2.24, 2.45) is 0 Å². The Morgan fingerprint density at radius 3 is 1.99 bits per heavy atom. The molecule has 5 heterocycles. The van der Waals surface area contributed by atoms with Gasteiger partial charge in [0.1, 0.15) is 28.2 Å². The highest BCUT2D eigenvalue weighted by Crippen LogP contribution is 2.53. The molecule has 0 fully saturated rings. The third-order valence-corrected chi connectivity index (χ3v) is 17.0. The number of rotatable bonds is 4. The summed E-state index contributed by atoms with van der Waals surface area (Å²) in [6, 6.07) is 66.9. The highest BCUT2D eigenvalue weighted by atomic mass is 32.1. The monoisotopic (exact) mass is 919 g/mol. The van der Waals surface area contributed by atoms with Gasteiger partial charge in [-0.05, 0) is 104 Å². The average Bonchev–Trinajstić information content (AvgIpc) is 4.12. The lowest BCUT2D eigenvalue weighted by Crippen LogP contribution is -2.58. The summed E-state index contributed by atoms with van der Waals surface area (Å²) in [6.45, 7) is 11.5. The topological polar surface area (TPSA) is 38.8 Å². The molecule has 0 saturated carbocycles. The van der Waals surface area contributed by atoms with E-state index < -0.39 is 0 Å². The zero-order valence-electron chi connectivity index (χ0n) is 39.6. The van der Waals surface area contributed by atoms with Gasteiger partial charge in [0.2, 0.25) is 0 Å². The molecule has 4 nitrogen and oxygen atoms in total. The van der Waals surface area contributed by atoms with Crippen LogP contribution in [0, 0.1) is 0 Å². The lowest BCUT2D eigenvalue weighted by molar-refractivity contribution is 0.494. The number of benzene rings is 9. The smallest absolute Gasteiger partial charge is 0.268 e. The lowest BCUT2D eigenvalue weighted by Gasteiger charge is -2.39. The number of para-hydroxylation sites is 4. The van der Waals surface area contributed by atoms with E-state index in [-0.39, 0.29) is 23.5 Å². The highest BCUT2D eigenvalue weighted by molar-refractivity contribution is 7.33. The number of furan rings is 2. The maximum Gasteiger partial charge on any atom is 0.268 e. The Kier molecular flexibility index (Phi) is 8.11. The number of thiophene rings is 1. The highest BCUT2D eigenvalue weighted by Gasteiger charge is 2.45. The molecular weight excluding hydrogens is 874 g/mol. The van der Waals surface area contributed by atoms with Gasteiger partial charge in [0, 0.05) is 64.7 Å². The van der Waals surface area contributed by atoms with Crippen molar-refractivity contribution < 1.29 is 13.6 Å². The molecule has 3 aromatic heterocycles. The Balaban J connectivity index is 1.00. The van der Waals surface area contributed by atoms with Crippen LogP contribution >= 0.6 is 11.3 Å². The van der Waals surface area contributed by atoms with Gasteiger partial charge in [0.15, 0.2) is 5.58 Å². The molecule has 6 heteroatoms. The van der Waals surface area contributed by atoms with Gasteiger partial charge in [0.25, 0.3) is 6.71 Å². The van der Waals surface area contributed by atoms with Crippen molar-refractivity contribution >= 4 is 105 Å². The van der Waals surface area contributed by atoms with Crippen LogP contribution in [0.25, 0.3) is 65.1 Å². The molecule has 70 heavy (non-hydrogen) atoms. The first-order valence-corrected chi connectivity index (χ1v) is 25.3. The van der Waals surface area contributed by atoms with Crippen molar-refractivity contribution in [3.8, 4) is 22.6 Å². The Bertz CT molecular complexity index is 4200. The van der Waals surface area contributed by atoms with Gasteiger partial charge in [-0.2, -0.15) is 0 Å². The minimum absolute atomic E-state index is 0.0129. The third kappa shape index (κ3) is 5.48. The minimum atomic E-state index is -0.150. The maximum absolute atomic E-state index is 7.24. The molecule has 0 spiro atoms. The first-order chi connectivity index (χ1) is 34.1. The van der Waals surface area contributed by atoms with Crippen LogP contribution in [-0.4, -0.2) is 6.71 Å². The Hall–Kier alpha value is -7.80. The molecule has 334 valence electrons. The molecule has 2 aliphatic heterocycles. The molecule has 15 rings (SSSR count). The number of fused-ring (bicyclic) bond motifs is 15. The zero-order chi connectivity index (χ0) is 46.8. The largest absolute Gasteiger partial charge is 0.457 e. The van der Waals surface area contributed by atoms with E-state index in [9.17, 15) is 0 Å². The molecule has 1 unspecified atom stereocenters. The van der Waals surface area contributed by atoms with Crippen LogP contribution < -0.4 is 25.3 Å². The molecular formula is C64H46BNO3S. The predicted octanol–water partition coefficient (Wildman–Crippen LogP) is 15.9. The van der Waals surface area contributed by atoms with E-state index in [0.717, 1.165) is 78.0 Å². The summed E-state index contributed by atoms with van der Waals surface area (Å²) >= 11 is 1.89. The molecule has 12 aromatic rings. The van der Waals surface area contributed by atoms with Crippen LogP contribution in [0.4, 0.5) is 17.1 Å². The van der Waals surface area contributed by atoms with E-state index in [2.05, 4.69) is 222 Å². The molecule has 1 atom stereocenters. The van der Waals surface area contributed by atoms with Crippen LogP contribution in [0.5, 0.6) is 11.5 Å². The minimum Gasteiger partial charge on any atom is -0.457 e. The summed E-state index contributed by atoms with van der Waals surface area (Å²) in [4.78, 5) is 2.45. The SMILES string of the molecule is CC(C)(C)c1ccc(C(c2ccc3c(c2)N(c2cccc4c2oc2ccccc24)c2cccc4c2B3c2sc3cc5c(cc3c2O4)-c2ccccc2C5(C)C)c2cccc3c2oc2ccccc23)cc1.